The number of methoxy groups -OCH3 is 1. The molecule has 0 atom stereocenters. The molecule has 0 aliphatic rings. The van der Waals surface area contributed by atoms with Crippen molar-refractivity contribution in [2.75, 3.05) is 14.2 Å². The number of ether oxygens (including phenoxy) is 1. The van der Waals surface area contributed by atoms with Gasteiger partial charge in [-0.1, -0.05) is 0 Å². The highest BCUT2D eigenvalue weighted by atomic mass is 16.5. The molecule has 0 saturated heterocycles. The zero-order chi connectivity index (χ0) is 12.4. The second kappa shape index (κ2) is 4.21. The van der Waals surface area contributed by atoms with Gasteiger partial charge in [-0.05, 0) is 34.6 Å². The van der Waals surface area contributed by atoms with Crippen molar-refractivity contribution in [3.05, 3.63) is 0 Å². The quantitative estimate of drug-likeness (QED) is 0.517. The summed E-state index contributed by atoms with van der Waals surface area (Å²) in [6, 6.07) is 0. The Morgan fingerprint density at radius 1 is 1.07 bits per heavy atom. The Morgan fingerprint density at radius 2 is 1.47 bits per heavy atom. The first-order chi connectivity index (χ1) is 6.55. The molecule has 0 aromatic carbocycles. The molecule has 0 fully saturated rings. The van der Waals surface area contributed by atoms with Gasteiger partial charge < -0.3 is 9.64 Å². The van der Waals surface area contributed by atoms with Gasteiger partial charge in [0.05, 0.1) is 7.11 Å². The zero-order valence-corrected chi connectivity index (χ0v) is 10.7. The molecular formula is C11H21NO3. The highest BCUT2D eigenvalue weighted by Gasteiger charge is 2.41. The van der Waals surface area contributed by atoms with Gasteiger partial charge in [-0.2, -0.15) is 0 Å². The molecular weight excluding hydrogens is 194 g/mol. The Bertz CT molecular complexity index is 263. The van der Waals surface area contributed by atoms with E-state index in [0.717, 1.165) is 0 Å². The lowest BCUT2D eigenvalue weighted by Gasteiger charge is -2.36. The highest BCUT2D eigenvalue weighted by Crippen LogP contribution is 2.24. The summed E-state index contributed by atoms with van der Waals surface area (Å²) in [6.45, 7) is 8.89. The predicted octanol–water partition coefficient (Wildman–Crippen LogP) is 1.44. The van der Waals surface area contributed by atoms with E-state index in [-0.39, 0.29) is 11.4 Å². The lowest BCUT2D eigenvalue weighted by atomic mass is 9.90. The van der Waals surface area contributed by atoms with Gasteiger partial charge in [0.1, 0.15) is 5.41 Å². The van der Waals surface area contributed by atoms with Crippen LogP contribution in [0, 0.1) is 5.41 Å². The normalized spacial score (nSPS) is 12.2. The number of rotatable bonds is 2. The summed E-state index contributed by atoms with van der Waals surface area (Å²) in [7, 11) is 2.97. The molecule has 88 valence electrons. The Hall–Kier alpha value is -1.06. The van der Waals surface area contributed by atoms with Crippen molar-refractivity contribution in [1.82, 2.24) is 4.90 Å². The van der Waals surface area contributed by atoms with Crippen LogP contribution in [0.2, 0.25) is 0 Å². The van der Waals surface area contributed by atoms with E-state index in [1.54, 1.807) is 25.8 Å². The van der Waals surface area contributed by atoms with Gasteiger partial charge in [0, 0.05) is 12.6 Å². The van der Waals surface area contributed by atoms with Crippen LogP contribution in [-0.4, -0.2) is 36.5 Å². The van der Waals surface area contributed by atoms with Crippen molar-refractivity contribution in [3.8, 4) is 0 Å². The fraction of sp³-hybridized carbons (Fsp3) is 0.818. The summed E-state index contributed by atoms with van der Waals surface area (Å²) in [4.78, 5) is 25.0. The summed E-state index contributed by atoms with van der Waals surface area (Å²) in [6.07, 6.45) is 0. The Morgan fingerprint density at radius 3 is 1.73 bits per heavy atom. The maximum Gasteiger partial charge on any atom is 0.320 e. The standard InChI is InChI=1S/C11H21NO3/c1-10(2,3)12(6)8(13)11(4,5)9(14)15-7/h1-7H3. The van der Waals surface area contributed by atoms with E-state index in [1.807, 2.05) is 20.8 Å². The van der Waals surface area contributed by atoms with E-state index >= 15 is 0 Å². The van der Waals surface area contributed by atoms with Crippen LogP contribution in [-0.2, 0) is 14.3 Å². The highest BCUT2D eigenvalue weighted by molar-refractivity contribution is 6.01. The molecule has 0 aliphatic heterocycles. The van der Waals surface area contributed by atoms with E-state index in [9.17, 15) is 9.59 Å². The third kappa shape index (κ3) is 2.94. The van der Waals surface area contributed by atoms with Crippen LogP contribution in [0.15, 0.2) is 0 Å². The van der Waals surface area contributed by atoms with Gasteiger partial charge in [0.25, 0.3) is 0 Å². The molecule has 0 spiro atoms. The molecule has 0 aromatic rings. The van der Waals surface area contributed by atoms with Crippen molar-refractivity contribution < 1.29 is 14.3 Å². The average Bonchev–Trinajstić information content (AvgIpc) is 2.12. The minimum Gasteiger partial charge on any atom is -0.468 e. The average molecular weight is 215 g/mol. The number of nitrogens with zero attached hydrogens (tertiary/aromatic N) is 1. The number of esters is 1. The molecule has 15 heavy (non-hydrogen) atoms. The third-order valence-corrected chi connectivity index (χ3v) is 2.54. The molecule has 0 heterocycles. The monoisotopic (exact) mass is 215 g/mol. The number of hydrogen-bond donors (Lipinski definition) is 0. The van der Waals surface area contributed by atoms with Gasteiger partial charge in [0.15, 0.2) is 0 Å². The topological polar surface area (TPSA) is 46.6 Å². The van der Waals surface area contributed by atoms with Crippen LogP contribution in [0.25, 0.3) is 0 Å². The van der Waals surface area contributed by atoms with Crippen molar-refractivity contribution in [2.24, 2.45) is 5.41 Å². The molecule has 1 amide bonds. The van der Waals surface area contributed by atoms with Crippen LogP contribution in [0.1, 0.15) is 34.6 Å². The molecule has 0 unspecified atom stereocenters. The summed E-state index contributed by atoms with van der Waals surface area (Å²) in [5.41, 5.74) is -1.43. The number of amides is 1. The molecule has 0 aliphatic carbocycles. The van der Waals surface area contributed by atoms with Gasteiger partial charge in [-0.15, -0.1) is 0 Å². The van der Waals surface area contributed by atoms with Gasteiger partial charge >= 0.3 is 5.97 Å². The Balaban J connectivity index is 4.94. The largest absolute Gasteiger partial charge is 0.468 e. The molecule has 0 radical (unpaired) electrons. The van der Waals surface area contributed by atoms with Crippen LogP contribution in [0.4, 0.5) is 0 Å². The fourth-order valence-electron chi connectivity index (χ4n) is 1.07. The van der Waals surface area contributed by atoms with Crippen LogP contribution >= 0.6 is 0 Å². The van der Waals surface area contributed by atoms with E-state index in [1.165, 1.54) is 7.11 Å². The van der Waals surface area contributed by atoms with Crippen LogP contribution in [0.5, 0.6) is 0 Å². The van der Waals surface area contributed by atoms with E-state index in [2.05, 4.69) is 4.74 Å². The van der Waals surface area contributed by atoms with Crippen LogP contribution in [0.3, 0.4) is 0 Å². The lowest BCUT2D eigenvalue weighted by molar-refractivity contribution is -0.162. The SMILES string of the molecule is COC(=O)C(C)(C)C(=O)N(C)C(C)(C)C. The molecule has 0 bridgehead atoms. The Kier molecular flexibility index (Phi) is 3.91. The second-order valence-corrected chi connectivity index (χ2v) is 5.15. The van der Waals surface area contributed by atoms with Crippen LogP contribution < -0.4 is 0 Å². The fourth-order valence-corrected chi connectivity index (χ4v) is 1.07. The first-order valence-corrected chi connectivity index (χ1v) is 4.92. The maximum absolute atomic E-state index is 12.0. The van der Waals surface area contributed by atoms with Crippen molar-refractivity contribution in [3.63, 3.8) is 0 Å². The maximum atomic E-state index is 12.0. The van der Waals surface area contributed by atoms with Gasteiger partial charge in [0.2, 0.25) is 5.91 Å². The van der Waals surface area contributed by atoms with Crippen molar-refractivity contribution >= 4 is 11.9 Å². The molecule has 4 nitrogen and oxygen atoms in total. The smallest absolute Gasteiger partial charge is 0.320 e. The zero-order valence-electron chi connectivity index (χ0n) is 10.7. The molecule has 0 aromatic heterocycles. The number of hydrogen-bond acceptors (Lipinski definition) is 3. The summed E-state index contributed by atoms with van der Waals surface area (Å²) < 4.78 is 4.61. The van der Waals surface area contributed by atoms with Crippen molar-refractivity contribution in [1.29, 1.82) is 0 Å². The molecule has 0 rings (SSSR count). The first kappa shape index (κ1) is 13.9. The van der Waals surface area contributed by atoms with Crippen molar-refractivity contribution in [2.45, 2.75) is 40.2 Å². The second-order valence-electron chi connectivity index (χ2n) is 5.15. The predicted molar refractivity (Wildman–Crippen MR) is 58.3 cm³/mol. The van der Waals surface area contributed by atoms with E-state index < -0.39 is 11.4 Å². The first-order valence-electron chi connectivity index (χ1n) is 4.92. The molecule has 0 N–H and O–H groups in total. The molecule has 4 heteroatoms. The summed E-state index contributed by atoms with van der Waals surface area (Å²) >= 11 is 0. The van der Waals surface area contributed by atoms with E-state index in [0.29, 0.717) is 0 Å². The minimum absolute atomic E-state index is 0.234. The minimum atomic E-state index is -1.13. The third-order valence-electron chi connectivity index (χ3n) is 2.54. The van der Waals surface area contributed by atoms with E-state index in [4.69, 9.17) is 0 Å². The Labute approximate surface area is 91.6 Å². The number of carbonyl (C=O) groups excluding carboxylic acids is 2. The summed E-state index contributed by atoms with van der Waals surface area (Å²) in [5, 5.41) is 0. The molecule has 0 saturated carbocycles. The van der Waals surface area contributed by atoms with Gasteiger partial charge in [-0.25, -0.2) is 0 Å². The van der Waals surface area contributed by atoms with Gasteiger partial charge in [-0.3, -0.25) is 9.59 Å². The number of carbonyl (C=O) groups is 2. The lowest BCUT2D eigenvalue weighted by Crippen LogP contribution is -2.51. The summed E-state index contributed by atoms with van der Waals surface area (Å²) in [5.74, 6) is -0.745.